The molecule has 1 aliphatic rings. The fourth-order valence-corrected chi connectivity index (χ4v) is 2.89. The fraction of sp³-hybridized carbons (Fsp3) is 0.438. The molecule has 0 spiro atoms. The van der Waals surface area contributed by atoms with Gasteiger partial charge in [0.2, 0.25) is 0 Å². The molecule has 0 radical (unpaired) electrons. The first-order valence-electron chi connectivity index (χ1n) is 7.65. The number of nitrogens with zero attached hydrogens (tertiary/aromatic N) is 3. The summed E-state index contributed by atoms with van der Waals surface area (Å²) < 4.78 is 5.00. The van der Waals surface area contributed by atoms with E-state index in [4.69, 9.17) is 4.52 Å². The Kier molecular flexibility index (Phi) is 4.37. The SMILES string of the molecule is Cc1cc(NC(=O)N2CCCCC[C@H]2c2ccncc2)no1. The van der Waals surface area contributed by atoms with Gasteiger partial charge in [-0.2, -0.15) is 0 Å². The van der Waals surface area contributed by atoms with Crippen LogP contribution in [-0.4, -0.2) is 27.6 Å². The Hall–Kier alpha value is -2.37. The van der Waals surface area contributed by atoms with Gasteiger partial charge >= 0.3 is 6.03 Å². The lowest BCUT2D eigenvalue weighted by Crippen LogP contribution is -2.38. The minimum absolute atomic E-state index is 0.0819. The number of carbonyl (C=O) groups is 1. The van der Waals surface area contributed by atoms with Crippen LogP contribution in [0.5, 0.6) is 0 Å². The van der Waals surface area contributed by atoms with Crippen LogP contribution in [0.15, 0.2) is 35.1 Å². The number of likely N-dealkylation sites (tertiary alicyclic amines) is 1. The van der Waals surface area contributed by atoms with Gasteiger partial charge in [-0.1, -0.05) is 18.0 Å². The minimum atomic E-state index is -0.128. The number of rotatable bonds is 2. The lowest BCUT2D eigenvalue weighted by molar-refractivity contribution is 0.189. The highest BCUT2D eigenvalue weighted by atomic mass is 16.5. The standard InChI is InChI=1S/C16H20N4O2/c1-12-11-15(19-22-12)18-16(21)20-10-4-2-3-5-14(20)13-6-8-17-9-7-13/h6-9,11,14H,2-5,10H2,1H3,(H,18,19,21)/t14-/m0/s1. The van der Waals surface area contributed by atoms with Gasteiger partial charge in [-0.25, -0.2) is 4.79 Å². The quantitative estimate of drug-likeness (QED) is 0.921. The third kappa shape index (κ3) is 3.27. The lowest BCUT2D eigenvalue weighted by atomic mass is 10.0. The molecule has 1 N–H and O–H groups in total. The van der Waals surface area contributed by atoms with Crippen molar-refractivity contribution in [2.45, 2.75) is 38.6 Å². The van der Waals surface area contributed by atoms with Crippen molar-refractivity contribution in [2.24, 2.45) is 0 Å². The minimum Gasteiger partial charge on any atom is -0.360 e. The first-order valence-corrected chi connectivity index (χ1v) is 7.65. The van der Waals surface area contributed by atoms with Gasteiger partial charge in [-0.3, -0.25) is 10.3 Å². The summed E-state index contributed by atoms with van der Waals surface area (Å²) in [6.07, 6.45) is 7.81. The summed E-state index contributed by atoms with van der Waals surface area (Å²) in [5, 5.41) is 6.65. The number of pyridine rings is 1. The van der Waals surface area contributed by atoms with E-state index in [9.17, 15) is 4.79 Å². The third-order valence-electron chi connectivity index (χ3n) is 3.97. The van der Waals surface area contributed by atoms with Crippen LogP contribution < -0.4 is 5.32 Å². The van der Waals surface area contributed by atoms with Gasteiger partial charge in [0, 0.05) is 25.0 Å². The summed E-state index contributed by atoms with van der Waals surface area (Å²) in [5.41, 5.74) is 1.13. The molecular weight excluding hydrogens is 280 g/mol. The molecule has 116 valence electrons. The highest BCUT2D eigenvalue weighted by Gasteiger charge is 2.27. The molecule has 3 rings (SSSR count). The number of amides is 2. The number of hydrogen-bond donors (Lipinski definition) is 1. The second-order valence-corrected chi connectivity index (χ2v) is 5.59. The normalized spacial score (nSPS) is 18.8. The number of aromatic nitrogens is 2. The zero-order valence-corrected chi connectivity index (χ0v) is 12.7. The smallest absolute Gasteiger partial charge is 0.323 e. The monoisotopic (exact) mass is 300 g/mol. The molecule has 0 unspecified atom stereocenters. The van der Waals surface area contributed by atoms with E-state index in [1.807, 2.05) is 17.0 Å². The van der Waals surface area contributed by atoms with E-state index in [0.717, 1.165) is 37.8 Å². The van der Waals surface area contributed by atoms with Gasteiger partial charge in [0.05, 0.1) is 6.04 Å². The van der Waals surface area contributed by atoms with Crippen molar-refractivity contribution < 1.29 is 9.32 Å². The maximum Gasteiger partial charge on any atom is 0.323 e. The molecule has 1 atom stereocenters. The Morgan fingerprint density at radius 2 is 2.14 bits per heavy atom. The number of anilines is 1. The van der Waals surface area contributed by atoms with Crippen LogP contribution in [0, 0.1) is 6.92 Å². The zero-order chi connectivity index (χ0) is 15.4. The molecule has 6 heteroatoms. The molecule has 2 aromatic rings. The number of aryl methyl sites for hydroxylation is 1. The molecule has 0 saturated carbocycles. The van der Waals surface area contributed by atoms with Crippen molar-refractivity contribution in [1.82, 2.24) is 15.0 Å². The van der Waals surface area contributed by atoms with Crippen LogP contribution in [0.25, 0.3) is 0 Å². The molecule has 0 bridgehead atoms. The highest BCUT2D eigenvalue weighted by Crippen LogP contribution is 2.30. The Morgan fingerprint density at radius 1 is 1.32 bits per heavy atom. The molecule has 3 heterocycles. The molecule has 2 aromatic heterocycles. The molecule has 1 fully saturated rings. The Balaban J connectivity index is 1.79. The number of nitrogens with one attached hydrogen (secondary N) is 1. The van der Waals surface area contributed by atoms with Gasteiger partial charge < -0.3 is 9.42 Å². The third-order valence-corrected chi connectivity index (χ3v) is 3.97. The molecular formula is C16H20N4O2. The molecule has 1 saturated heterocycles. The number of carbonyl (C=O) groups excluding carboxylic acids is 1. The molecule has 22 heavy (non-hydrogen) atoms. The number of urea groups is 1. The van der Waals surface area contributed by atoms with Crippen LogP contribution in [0.2, 0.25) is 0 Å². The van der Waals surface area contributed by atoms with Crippen molar-refractivity contribution in [1.29, 1.82) is 0 Å². The maximum absolute atomic E-state index is 12.6. The van der Waals surface area contributed by atoms with Gasteiger partial charge in [-0.05, 0) is 37.5 Å². The van der Waals surface area contributed by atoms with Crippen molar-refractivity contribution in [3.63, 3.8) is 0 Å². The Morgan fingerprint density at radius 3 is 2.86 bits per heavy atom. The van der Waals surface area contributed by atoms with Crippen LogP contribution in [-0.2, 0) is 0 Å². The molecule has 0 aromatic carbocycles. The molecule has 1 aliphatic heterocycles. The molecule has 0 aliphatic carbocycles. The summed E-state index contributed by atoms with van der Waals surface area (Å²) in [6.45, 7) is 2.55. The van der Waals surface area contributed by atoms with E-state index in [0.29, 0.717) is 11.6 Å². The predicted molar refractivity (Wildman–Crippen MR) is 82.4 cm³/mol. The van der Waals surface area contributed by atoms with E-state index >= 15 is 0 Å². The molecule has 6 nitrogen and oxygen atoms in total. The van der Waals surface area contributed by atoms with Crippen molar-refractivity contribution >= 4 is 11.8 Å². The van der Waals surface area contributed by atoms with Crippen LogP contribution in [0.3, 0.4) is 0 Å². The average molecular weight is 300 g/mol. The van der Waals surface area contributed by atoms with Gasteiger partial charge in [0.25, 0.3) is 0 Å². The maximum atomic E-state index is 12.6. The zero-order valence-electron chi connectivity index (χ0n) is 12.7. The van der Waals surface area contributed by atoms with Crippen molar-refractivity contribution in [3.8, 4) is 0 Å². The van der Waals surface area contributed by atoms with Gasteiger partial charge in [-0.15, -0.1) is 0 Å². The Labute approximate surface area is 129 Å². The van der Waals surface area contributed by atoms with Gasteiger partial charge in [0.15, 0.2) is 5.82 Å². The van der Waals surface area contributed by atoms with E-state index in [1.54, 1.807) is 25.4 Å². The lowest BCUT2D eigenvalue weighted by Gasteiger charge is -2.30. The molecule has 2 amide bonds. The number of hydrogen-bond acceptors (Lipinski definition) is 4. The summed E-state index contributed by atoms with van der Waals surface area (Å²) in [5.74, 6) is 1.14. The van der Waals surface area contributed by atoms with Gasteiger partial charge in [0.1, 0.15) is 5.76 Å². The Bertz CT molecular complexity index is 626. The fourth-order valence-electron chi connectivity index (χ4n) is 2.89. The second-order valence-electron chi connectivity index (χ2n) is 5.59. The first kappa shape index (κ1) is 14.6. The van der Waals surface area contributed by atoms with E-state index in [1.165, 1.54) is 0 Å². The van der Waals surface area contributed by atoms with Crippen LogP contribution in [0.4, 0.5) is 10.6 Å². The van der Waals surface area contributed by atoms with E-state index in [2.05, 4.69) is 15.5 Å². The summed E-state index contributed by atoms with van der Waals surface area (Å²) >= 11 is 0. The predicted octanol–water partition coefficient (Wildman–Crippen LogP) is 3.53. The van der Waals surface area contributed by atoms with Crippen molar-refractivity contribution in [3.05, 3.63) is 41.9 Å². The second kappa shape index (κ2) is 6.60. The van der Waals surface area contributed by atoms with E-state index < -0.39 is 0 Å². The summed E-state index contributed by atoms with van der Waals surface area (Å²) in [4.78, 5) is 18.6. The largest absolute Gasteiger partial charge is 0.360 e. The summed E-state index contributed by atoms with van der Waals surface area (Å²) in [6, 6.07) is 5.64. The van der Waals surface area contributed by atoms with Crippen molar-refractivity contribution in [2.75, 3.05) is 11.9 Å². The summed E-state index contributed by atoms with van der Waals surface area (Å²) in [7, 11) is 0. The highest BCUT2D eigenvalue weighted by molar-refractivity contribution is 5.88. The van der Waals surface area contributed by atoms with E-state index in [-0.39, 0.29) is 12.1 Å². The topological polar surface area (TPSA) is 71.3 Å². The average Bonchev–Trinajstić information content (AvgIpc) is 2.80. The first-order chi connectivity index (χ1) is 10.7. The van der Waals surface area contributed by atoms with Crippen LogP contribution >= 0.6 is 0 Å². The van der Waals surface area contributed by atoms with Crippen LogP contribution in [0.1, 0.15) is 43.0 Å².